The lowest BCUT2D eigenvalue weighted by Gasteiger charge is -2.22. The van der Waals surface area contributed by atoms with Crippen LogP contribution in [0.3, 0.4) is 0 Å². The molecule has 2 aromatic rings. The molecule has 0 saturated heterocycles. The number of methoxy groups -OCH3 is 1. The summed E-state index contributed by atoms with van der Waals surface area (Å²) in [6.45, 7) is 6.71. The Bertz CT molecular complexity index is 750. The number of aromatic nitrogens is 1. The predicted molar refractivity (Wildman–Crippen MR) is 113 cm³/mol. The molecule has 1 fully saturated rings. The van der Waals surface area contributed by atoms with Crippen molar-refractivity contribution in [2.75, 3.05) is 46.9 Å². The number of H-pyrrole nitrogens is 1. The summed E-state index contributed by atoms with van der Waals surface area (Å²) in [7, 11) is 3.59. The minimum absolute atomic E-state index is 0.752. The third-order valence-corrected chi connectivity index (χ3v) is 5.17. The first-order valence-corrected chi connectivity index (χ1v) is 9.95. The number of aromatic amines is 1. The molecule has 0 bridgehead atoms. The normalized spacial score (nSPS) is 14.9. The van der Waals surface area contributed by atoms with E-state index in [4.69, 9.17) is 4.74 Å². The summed E-state index contributed by atoms with van der Waals surface area (Å²) in [5.41, 5.74) is 3.83. The summed E-state index contributed by atoms with van der Waals surface area (Å²) in [4.78, 5) is 10.2. The number of rotatable bonds is 10. The number of nitrogens with zero attached hydrogens (tertiary/aromatic N) is 2. The average Bonchev–Trinajstić information content (AvgIpc) is 3.44. The maximum atomic E-state index is 5.22. The van der Waals surface area contributed by atoms with Crippen LogP contribution in [0.15, 0.2) is 29.4 Å². The Balaban J connectivity index is 1.41. The molecule has 3 rings (SSSR count). The first-order valence-electron chi connectivity index (χ1n) is 9.95. The summed E-state index contributed by atoms with van der Waals surface area (Å²) in [5.74, 6) is 0.869. The third-order valence-electron chi connectivity index (χ3n) is 5.17. The van der Waals surface area contributed by atoms with E-state index < -0.39 is 0 Å². The Morgan fingerprint density at radius 2 is 2.07 bits per heavy atom. The number of hydrogen-bond acceptors (Lipinski definition) is 3. The highest BCUT2D eigenvalue weighted by atomic mass is 16.5. The van der Waals surface area contributed by atoms with E-state index in [-0.39, 0.29) is 0 Å². The van der Waals surface area contributed by atoms with Gasteiger partial charge in [0.15, 0.2) is 5.96 Å². The van der Waals surface area contributed by atoms with Crippen LogP contribution in [0.1, 0.15) is 24.0 Å². The topological polar surface area (TPSA) is 64.7 Å². The maximum Gasteiger partial charge on any atom is 0.191 e. The van der Waals surface area contributed by atoms with Crippen LogP contribution in [0, 0.1) is 6.92 Å². The van der Waals surface area contributed by atoms with Gasteiger partial charge < -0.3 is 20.4 Å². The number of ether oxygens (including phenoxy) is 1. The van der Waals surface area contributed by atoms with Crippen molar-refractivity contribution in [1.29, 1.82) is 0 Å². The molecule has 0 atom stereocenters. The zero-order valence-electron chi connectivity index (χ0n) is 16.8. The van der Waals surface area contributed by atoms with Crippen molar-refractivity contribution >= 4 is 16.9 Å². The standard InChI is InChI=1S/C21H33N5O/c1-16-4-7-19-17(15-25-20(19)14-16)8-9-23-21(22-2)24-10-11-26(12-13-27-3)18-5-6-18/h4,7,14-15,18,25H,5-6,8-13H2,1-3H3,(H2,22,23,24). The molecule has 1 aromatic carbocycles. The van der Waals surface area contributed by atoms with Gasteiger partial charge in [0.1, 0.15) is 0 Å². The van der Waals surface area contributed by atoms with Crippen molar-refractivity contribution < 1.29 is 4.74 Å². The van der Waals surface area contributed by atoms with E-state index in [2.05, 4.69) is 56.8 Å². The van der Waals surface area contributed by atoms with Crippen LogP contribution in [0.5, 0.6) is 0 Å². The fourth-order valence-electron chi connectivity index (χ4n) is 3.49. The second kappa shape index (κ2) is 9.76. The first kappa shape index (κ1) is 19.7. The number of guanidine groups is 1. The minimum atomic E-state index is 0.752. The molecule has 6 heteroatoms. The van der Waals surface area contributed by atoms with Gasteiger partial charge in [-0.25, -0.2) is 0 Å². The van der Waals surface area contributed by atoms with E-state index in [1.165, 1.54) is 34.9 Å². The number of aliphatic imine (C=N–C) groups is 1. The molecule has 27 heavy (non-hydrogen) atoms. The van der Waals surface area contributed by atoms with Gasteiger partial charge in [0.25, 0.3) is 0 Å². The fraction of sp³-hybridized carbons (Fsp3) is 0.571. The molecule has 1 heterocycles. The molecule has 0 amide bonds. The molecular weight excluding hydrogens is 338 g/mol. The molecule has 1 aliphatic rings. The van der Waals surface area contributed by atoms with Gasteiger partial charge in [-0.2, -0.15) is 0 Å². The average molecular weight is 372 g/mol. The SMILES string of the molecule is CN=C(NCCc1c[nH]c2cc(C)ccc12)NCCN(CCOC)C1CC1. The van der Waals surface area contributed by atoms with Gasteiger partial charge in [-0.3, -0.25) is 9.89 Å². The van der Waals surface area contributed by atoms with Crippen LogP contribution in [0.2, 0.25) is 0 Å². The second-order valence-electron chi connectivity index (χ2n) is 7.30. The van der Waals surface area contributed by atoms with Crippen molar-refractivity contribution in [3.05, 3.63) is 35.5 Å². The Hall–Kier alpha value is -2.05. The molecule has 1 aliphatic carbocycles. The lowest BCUT2D eigenvalue weighted by molar-refractivity contribution is 0.144. The minimum Gasteiger partial charge on any atom is -0.383 e. The van der Waals surface area contributed by atoms with E-state index in [0.29, 0.717) is 0 Å². The monoisotopic (exact) mass is 371 g/mol. The smallest absolute Gasteiger partial charge is 0.191 e. The molecule has 1 aromatic heterocycles. The molecule has 1 saturated carbocycles. The van der Waals surface area contributed by atoms with Crippen LogP contribution in [0.25, 0.3) is 10.9 Å². The van der Waals surface area contributed by atoms with Crippen LogP contribution in [-0.2, 0) is 11.2 Å². The second-order valence-corrected chi connectivity index (χ2v) is 7.30. The van der Waals surface area contributed by atoms with Gasteiger partial charge in [0.05, 0.1) is 6.61 Å². The summed E-state index contributed by atoms with van der Waals surface area (Å²) < 4.78 is 5.22. The van der Waals surface area contributed by atoms with Crippen molar-refractivity contribution in [2.45, 2.75) is 32.2 Å². The summed E-state index contributed by atoms with van der Waals surface area (Å²) >= 11 is 0. The highest BCUT2D eigenvalue weighted by molar-refractivity contribution is 5.84. The Morgan fingerprint density at radius 1 is 1.26 bits per heavy atom. The number of nitrogens with one attached hydrogen (secondary N) is 3. The Labute approximate surface area is 162 Å². The van der Waals surface area contributed by atoms with Gasteiger partial charge in [0, 0.05) is 63.5 Å². The quantitative estimate of drug-likeness (QED) is 0.443. The number of benzene rings is 1. The zero-order valence-corrected chi connectivity index (χ0v) is 16.8. The zero-order chi connectivity index (χ0) is 19.1. The lowest BCUT2D eigenvalue weighted by Crippen LogP contribution is -2.43. The predicted octanol–water partition coefficient (Wildman–Crippen LogP) is 2.29. The summed E-state index contributed by atoms with van der Waals surface area (Å²) in [6.07, 6.45) is 5.72. The maximum absolute atomic E-state index is 5.22. The van der Waals surface area contributed by atoms with Crippen LogP contribution in [-0.4, -0.2) is 68.8 Å². The van der Waals surface area contributed by atoms with Crippen LogP contribution < -0.4 is 10.6 Å². The summed E-state index contributed by atoms with van der Waals surface area (Å²) in [6, 6.07) is 7.32. The lowest BCUT2D eigenvalue weighted by atomic mass is 10.1. The molecule has 0 unspecified atom stereocenters. The Morgan fingerprint density at radius 3 is 2.81 bits per heavy atom. The van der Waals surface area contributed by atoms with Crippen molar-refractivity contribution in [2.24, 2.45) is 4.99 Å². The Kier molecular flexibility index (Phi) is 7.12. The van der Waals surface area contributed by atoms with Gasteiger partial charge in [-0.1, -0.05) is 12.1 Å². The molecule has 0 radical (unpaired) electrons. The number of aryl methyl sites for hydroxylation is 1. The van der Waals surface area contributed by atoms with Crippen molar-refractivity contribution in [3.8, 4) is 0 Å². The van der Waals surface area contributed by atoms with Crippen molar-refractivity contribution in [1.82, 2.24) is 20.5 Å². The molecule has 6 nitrogen and oxygen atoms in total. The van der Waals surface area contributed by atoms with E-state index in [1.807, 2.05) is 7.05 Å². The van der Waals surface area contributed by atoms with E-state index >= 15 is 0 Å². The molecular formula is C21H33N5O. The fourth-order valence-corrected chi connectivity index (χ4v) is 3.49. The molecule has 3 N–H and O–H groups in total. The third kappa shape index (κ3) is 5.71. The number of fused-ring (bicyclic) bond motifs is 1. The molecule has 0 spiro atoms. The van der Waals surface area contributed by atoms with Crippen LogP contribution in [0.4, 0.5) is 0 Å². The van der Waals surface area contributed by atoms with Gasteiger partial charge in [-0.05, 0) is 43.4 Å². The van der Waals surface area contributed by atoms with E-state index in [9.17, 15) is 0 Å². The highest BCUT2D eigenvalue weighted by Gasteiger charge is 2.28. The molecule has 0 aliphatic heterocycles. The first-order chi connectivity index (χ1) is 13.2. The van der Waals surface area contributed by atoms with E-state index in [0.717, 1.165) is 51.2 Å². The van der Waals surface area contributed by atoms with E-state index in [1.54, 1.807) is 7.11 Å². The largest absolute Gasteiger partial charge is 0.383 e. The summed E-state index contributed by atoms with van der Waals surface area (Å²) in [5, 5.41) is 8.17. The highest BCUT2D eigenvalue weighted by Crippen LogP contribution is 2.26. The van der Waals surface area contributed by atoms with Gasteiger partial charge >= 0.3 is 0 Å². The molecule has 148 valence electrons. The number of hydrogen-bond donors (Lipinski definition) is 3. The van der Waals surface area contributed by atoms with Gasteiger partial charge in [-0.15, -0.1) is 0 Å². The van der Waals surface area contributed by atoms with Crippen LogP contribution >= 0.6 is 0 Å². The van der Waals surface area contributed by atoms with Crippen molar-refractivity contribution in [3.63, 3.8) is 0 Å². The van der Waals surface area contributed by atoms with Gasteiger partial charge in [0.2, 0.25) is 0 Å².